The zero-order valence-corrected chi connectivity index (χ0v) is 13.1. The summed E-state index contributed by atoms with van der Waals surface area (Å²) in [5, 5.41) is 0. The minimum absolute atomic E-state index is 0.0499. The molecule has 0 N–H and O–H groups in total. The molecule has 0 radical (unpaired) electrons. The highest BCUT2D eigenvalue weighted by Gasteiger charge is 2.28. The minimum atomic E-state index is -3.34. The fourth-order valence-electron chi connectivity index (χ4n) is 1.64. The van der Waals surface area contributed by atoms with Crippen molar-refractivity contribution in [3.63, 3.8) is 0 Å². The van der Waals surface area contributed by atoms with Crippen LogP contribution in [0.1, 0.15) is 13.8 Å². The Balaban J connectivity index is 4.80. The highest BCUT2D eigenvalue weighted by molar-refractivity contribution is 7.89. The SMILES string of the molecule is COCCN(C(C)COC)S(=O)(=O)CC(C)CCl. The van der Waals surface area contributed by atoms with Crippen LogP contribution in [-0.4, -0.2) is 64.4 Å². The van der Waals surface area contributed by atoms with Crippen molar-refractivity contribution >= 4 is 21.6 Å². The van der Waals surface area contributed by atoms with Crippen LogP contribution in [0.25, 0.3) is 0 Å². The smallest absolute Gasteiger partial charge is 0.214 e. The van der Waals surface area contributed by atoms with Crippen molar-refractivity contribution in [2.45, 2.75) is 19.9 Å². The van der Waals surface area contributed by atoms with Gasteiger partial charge < -0.3 is 9.47 Å². The third kappa shape index (κ3) is 6.33. The predicted molar refractivity (Wildman–Crippen MR) is 73.6 cm³/mol. The second-order valence-electron chi connectivity index (χ2n) is 4.45. The summed E-state index contributed by atoms with van der Waals surface area (Å²) in [7, 11) is -0.235. The summed E-state index contributed by atoms with van der Waals surface area (Å²) in [6, 6.07) is -0.210. The first kappa shape index (κ1) is 18.1. The number of sulfonamides is 1. The standard InChI is InChI=1S/C11H24ClNO4S/c1-10(7-12)9-18(14,15)13(5-6-16-3)11(2)8-17-4/h10-11H,5-9H2,1-4H3. The van der Waals surface area contributed by atoms with Crippen LogP contribution in [0.3, 0.4) is 0 Å². The lowest BCUT2D eigenvalue weighted by atomic mass is 10.3. The largest absolute Gasteiger partial charge is 0.383 e. The van der Waals surface area contributed by atoms with Crippen LogP contribution in [0.2, 0.25) is 0 Å². The molecule has 0 spiro atoms. The summed E-state index contributed by atoms with van der Waals surface area (Å²) in [4.78, 5) is 0. The molecule has 0 aromatic heterocycles. The molecule has 0 bridgehead atoms. The Morgan fingerprint density at radius 2 is 1.83 bits per heavy atom. The highest BCUT2D eigenvalue weighted by atomic mass is 35.5. The van der Waals surface area contributed by atoms with Crippen molar-refractivity contribution in [2.24, 2.45) is 5.92 Å². The molecule has 18 heavy (non-hydrogen) atoms. The van der Waals surface area contributed by atoms with Crippen molar-refractivity contribution in [1.29, 1.82) is 0 Å². The van der Waals surface area contributed by atoms with Crippen molar-refractivity contribution in [2.75, 3.05) is 45.6 Å². The molecule has 0 aliphatic heterocycles. The molecule has 7 heteroatoms. The molecule has 110 valence electrons. The monoisotopic (exact) mass is 301 g/mol. The molecule has 2 atom stereocenters. The number of rotatable bonds is 10. The van der Waals surface area contributed by atoms with Gasteiger partial charge in [-0.05, 0) is 12.8 Å². The minimum Gasteiger partial charge on any atom is -0.383 e. The third-order valence-electron chi connectivity index (χ3n) is 2.53. The molecule has 0 heterocycles. The van der Waals surface area contributed by atoms with Crippen LogP contribution in [0, 0.1) is 5.92 Å². The fraction of sp³-hybridized carbons (Fsp3) is 1.00. The van der Waals surface area contributed by atoms with Gasteiger partial charge in [-0.2, -0.15) is 4.31 Å². The molecular weight excluding hydrogens is 278 g/mol. The van der Waals surface area contributed by atoms with Crippen molar-refractivity contribution < 1.29 is 17.9 Å². The molecule has 0 aromatic carbocycles. The van der Waals surface area contributed by atoms with Gasteiger partial charge in [-0.25, -0.2) is 8.42 Å². The summed E-state index contributed by atoms with van der Waals surface area (Å²) in [6.45, 7) is 4.70. The maximum absolute atomic E-state index is 12.3. The number of methoxy groups -OCH3 is 2. The van der Waals surface area contributed by atoms with E-state index in [9.17, 15) is 8.42 Å². The van der Waals surface area contributed by atoms with Gasteiger partial charge in [-0.15, -0.1) is 11.6 Å². The Bertz CT molecular complexity index is 310. The van der Waals surface area contributed by atoms with Crippen LogP contribution in [0.5, 0.6) is 0 Å². The van der Waals surface area contributed by atoms with Gasteiger partial charge in [0.2, 0.25) is 10.0 Å². The zero-order chi connectivity index (χ0) is 14.2. The van der Waals surface area contributed by atoms with Gasteiger partial charge >= 0.3 is 0 Å². The van der Waals surface area contributed by atoms with Crippen LogP contribution in [-0.2, 0) is 19.5 Å². The molecule has 0 rings (SSSR count). The van der Waals surface area contributed by atoms with Gasteiger partial charge in [0.25, 0.3) is 0 Å². The topological polar surface area (TPSA) is 55.8 Å². The van der Waals surface area contributed by atoms with Crippen LogP contribution < -0.4 is 0 Å². The lowest BCUT2D eigenvalue weighted by molar-refractivity contribution is 0.119. The summed E-state index contributed by atoms with van der Waals surface area (Å²) in [5.41, 5.74) is 0. The first-order valence-corrected chi connectivity index (χ1v) is 8.06. The molecule has 0 saturated carbocycles. The molecule has 0 saturated heterocycles. The van der Waals surface area contributed by atoms with E-state index in [1.165, 1.54) is 4.31 Å². The van der Waals surface area contributed by atoms with E-state index < -0.39 is 10.0 Å². The first-order valence-electron chi connectivity index (χ1n) is 5.92. The number of alkyl halides is 1. The normalized spacial score (nSPS) is 15.9. The maximum Gasteiger partial charge on any atom is 0.214 e. The first-order chi connectivity index (χ1) is 8.38. The molecular formula is C11H24ClNO4S. The number of ether oxygens (including phenoxy) is 2. The van der Waals surface area contributed by atoms with Gasteiger partial charge in [-0.3, -0.25) is 0 Å². The quantitative estimate of drug-likeness (QED) is 0.569. The average Bonchev–Trinajstić information content (AvgIpc) is 2.28. The lowest BCUT2D eigenvalue weighted by Crippen LogP contribution is -2.45. The van der Waals surface area contributed by atoms with Crippen LogP contribution in [0.4, 0.5) is 0 Å². The van der Waals surface area contributed by atoms with Crippen LogP contribution >= 0.6 is 11.6 Å². The molecule has 0 fully saturated rings. The Hall–Kier alpha value is 0.120. The van der Waals surface area contributed by atoms with E-state index >= 15 is 0 Å². The van der Waals surface area contributed by atoms with E-state index in [0.717, 1.165) is 0 Å². The summed E-state index contributed by atoms with van der Waals surface area (Å²) in [5.74, 6) is 0.307. The molecule has 2 unspecified atom stereocenters. The summed E-state index contributed by atoms with van der Waals surface area (Å²) < 4.78 is 36.0. The summed E-state index contributed by atoms with van der Waals surface area (Å²) >= 11 is 5.68. The highest BCUT2D eigenvalue weighted by Crippen LogP contribution is 2.13. The number of hydrogen-bond acceptors (Lipinski definition) is 4. The maximum atomic E-state index is 12.3. The Labute approximate surface area is 115 Å². The van der Waals surface area contributed by atoms with Gasteiger partial charge in [0.15, 0.2) is 0 Å². The zero-order valence-electron chi connectivity index (χ0n) is 11.6. The van der Waals surface area contributed by atoms with E-state index in [1.807, 2.05) is 13.8 Å². The third-order valence-corrected chi connectivity index (χ3v) is 5.31. The summed E-state index contributed by atoms with van der Waals surface area (Å²) in [6.07, 6.45) is 0. The average molecular weight is 302 g/mol. The Morgan fingerprint density at radius 1 is 1.22 bits per heavy atom. The van der Waals surface area contributed by atoms with E-state index in [2.05, 4.69) is 0 Å². The second-order valence-corrected chi connectivity index (χ2v) is 6.72. The lowest BCUT2D eigenvalue weighted by Gasteiger charge is -2.28. The number of nitrogens with zero attached hydrogens (tertiary/aromatic N) is 1. The van der Waals surface area contributed by atoms with E-state index in [0.29, 0.717) is 25.6 Å². The molecule has 0 aliphatic carbocycles. The Morgan fingerprint density at radius 3 is 2.28 bits per heavy atom. The van der Waals surface area contributed by atoms with Crippen molar-refractivity contribution in [3.05, 3.63) is 0 Å². The second kappa shape index (κ2) is 9.09. The van der Waals surface area contributed by atoms with Crippen molar-refractivity contribution in [1.82, 2.24) is 4.31 Å². The fourth-order valence-corrected chi connectivity index (χ4v) is 3.87. The van der Waals surface area contributed by atoms with Gasteiger partial charge in [0.1, 0.15) is 0 Å². The molecule has 5 nitrogen and oxygen atoms in total. The van der Waals surface area contributed by atoms with E-state index in [1.54, 1.807) is 14.2 Å². The van der Waals surface area contributed by atoms with Gasteiger partial charge in [-0.1, -0.05) is 6.92 Å². The van der Waals surface area contributed by atoms with Crippen LogP contribution in [0.15, 0.2) is 0 Å². The number of hydrogen-bond donors (Lipinski definition) is 0. The van der Waals surface area contributed by atoms with E-state index in [-0.39, 0.29) is 17.7 Å². The van der Waals surface area contributed by atoms with Gasteiger partial charge in [0, 0.05) is 32.7 Å². The van der Waals surface area contributed by atoms with Crippen molar-refractivity contribution in [3.8, 4) is 0 Å². The van der Waals surface area contributed by atoms with E-state index in [4.69, 9.17) is 21.1 Å². The Kier molecular flexibility index (Phi) is 9.15. The molecule has 0 aromatic rings. The molecule has 0 amide bonds. The predicted octanol–water partition coefficient (Wildman–Crippen LogP) is 1.17. The van der Waals surface area contributed by atoms with Gasteiger partial charge in [0.05, 0.1) is 19.0 Å². The molecule has 0 aliphatic rings. The number of halogens is 1.